The van der Waals surface area contributed by atoms with Gasteiger partial charge in [0.25, 0.3) is 0 Å². The van der Waals surface area contributed by atoms with Crippen molar-refractivity contribution in [2.24, 2.45) is 0 Å². The van der Waals surface area contributed by atoms with Gasteiger partial charge in [-0.05, 0) is 43.4 Å². The number of rotatable bonds is 5. The van der Waals surface area contributed by atoms with E-state index in [1.165, 1.54) is 0 Å². The molecule has 0 heterocycles. The summed E-state index contributed by atoms with van der Waals surface area (Å²) in [7, 11) is 0. The smallest absolute Gasteiger partial charge is 0.321 e. The first-order valence-electron chi connectivity index (χ1n) is 9.14. The maximum atomic E-state index is 13.1. The minimum atomic E-state index is -0.892. The van der Waals surface area contributed by atoms with Crippen LogP contribution in [0.3, 0.4) is 0 Å². The van der Waals surface area contributed by atoms with E-state index in [1.807, 2.05) is 61.5 Å². The van der Waals surface area contributed by atoms with Crippen LogP contribution in [0, 0.1) is 0 Å². The van der Waals surface area contributed by atoms with Gasteiger partial charge >= 0.3 is 11.9 Å². The number of carbonyl (C=O) groups excluding carboxylic acids is 2. The molecule has 0 N–H and O–H groups in total. The highest BCUT2D eigenvalue weighted by atomic mass is 16.5. The van der Waals surface area contributed by atoms with Crippen molar-refractivity contribution < 1.29 is 19.1 Å². The van der Waals surface area contributed by atoms with E-state index in [9.17, 15) is 9.59 Å². The number of carbonyl (C=O) groups is 2. The number of fused-ring (bicyclic) bond motifs is 1. The Morgan fingerprint density at radius 2 is 1.62 bits per heavy atom. The van der Waals surface area contributed by atoms with Crippen molar-refractivity contribution in [3.8, 4) is 0 Å². The van der Waals surface area contributed by atoms with Gasteiger partial charge in [-0.3, -0.25) is 9.59 Å². The molecule has 0 aromatic heterocycles. The van der Waals surface area contributed by atoms with Crippen molar-refractivity contribution in [2.75, 3.05) is 13.2 Å². The van der Waals surface area contributed by atoms with Crippen molar-refractivity contribution in [2.45, 2.75) is 38.0 Å². The van der Waals surface area contributed by atoms with Crippen LogP contribution >= 0.6 is 0 Å². The molecule has 0 spiro atoms. The van der Waals surface area contributed by atoms with Crippen LogP contribution in [0.4, 0.5) is 0 Å². The van der Waals surface area contributed by atoms with Crippen molar-refractivity contribution in [1.82, 2.24) is 0 Å². The van der Waals surface area contributed by atoms with E-state index in [4.69, 9.17) is 9.47 Å². The Labute approximate surface area is 154 Å². The van der Waals surface area contributed by atoms with Crippen molar-refractivity contribution in [3.63, 3.8) is 0 Å². The summed E-state index contributed by atoms with van der Waals surface area (Å²) in [5.41, 5.74) is 1.70. The van der Waals surface area contributed by atoms with Gasteiger partial charge in [0.1, 0.15) is 5.41 Å². The first-order chi connectivity index (χ1) is 12.6. The molecule has 1 aliphatic rings. The Bertz CT molecular complexity index is 784. The fraction of sp³-hybridized carbons (Fsp3) is 0.364. The highest BCUT2D eigenvalue weighted by Gasteiger charge is 2.49. The Kier molecular flexibility index (Phi) is 5.40. The molecule has 3 rings (SSSR count). The molecule has 0 aliphatic heterocycles. The molecule has 4 heteroatoms. The third-order valence-corrected chi connectivity index (χ3v) is 5.07. The van der Waals surface area contributed by atoms with E-state index in [0.717, 1.165) is 16.7 Å². The van der Waals surface area contributed by atoms with E-state index in [2.05, 4.69) is 0 Å². The summed E-state index contributed by atoms with van der Waals surface area (Å²) < 4.78 is 10.7. The summed E-state index contributed by atoms with van der Waals surface area (Å²) in [5.74, 6) is -0.844. The molecule has 26 heavy (non-hydrogen) atoms. The molecule has 0 radical (unpaired) electrons. The third kappa shape index (κ3) is 3.00. The molecular weight excluding hydrogens is 328 g/mol. The predicted octanol–water partition coefficient (Wildman–Crippen LogP) is 3.98. The molecule has 4 nitrogen and oxygen atoms in total. The van der Waals surface area contributed by atoms with Crippen LogP contribution in [0.15, 0.2) is 54.6 Å². The Hall–Kier alpha value is -2.62. The first-order valence-corrected chi connectivity index (χ1v) is 9.14. The minimum Gasteiger partial charge on any atom is -0.466 e. The predicted molar refractivity (Wildman–Crippen MR) is 98.9 cm³/mol. The zero-order valence-corrected chi connectivity index (χ0v) is 15.2. The van der Waals surface area contributed by atoms with Crippen LogP contribution in [0.2, 0.25) is 0 Å². The zero-order valence-electron chi connectivity index (χ0n) is 15.2. The van der Waals surface area contributed by atoms with E-state index in [-0.39, 0.29) is 17.9 Å². The summed E-state index contributed by atoms with van der Waals surface area (Å²) in [6, 6.07) is 17.4. The molecule has 2 aromatic carbocycles. The van der Waals surface area contributed by atoms with Crippen molar-refractivity contribution in [3.05, 3.63) is 71.3 Å². The molecule has 0 fully saturated rings. The second-order valence-corrected chi connectivity index (χ2v) is 6.42. The van der Waals surface area contributed by atoms with Gasteiger partial charge in [0, 0.05) is 0 Å². The summed E-state index contributed by atoms with van der Waals surface area (Å²) >= 11 is 0. The Morgan fingerprint density at radius 3 is 2.31 bits per heavy atom. The van der Waals surface area contributed by atoms with Gasteiger partial charge in [-0.25, -0.2) is 0 Å². The molecule has 2 aromatic rings. The van der Waals surface area contributed by atoms with E-state index < -0.39 is 5.41 Å². The Morgan fingerprint density at radius 1 is 0.962 bits per heavy atom. The lowest BCUT2D eigenvalue weighted by Crippen LogP contribution is -2.43. The average molecular weight is 352 g/mol. The highest BCUT2D eigenvalue weighted by Crippen LogP contribution is 2.48. The molecule has 0 saturated carbocycles. The number of hydrogen-bond acceptors (Lipinski definition) is 4. The maximum Gasteiger partial charge on any atom is 0.321 e. The summed E-state index contributed by atoms with van der Waals surface area (Å²) in [5, 5.41) is 0. The van der Waals surface area contributed by atoms with Crippen LogP contribution in [-0.2, 0) is 24.5 Å². The number of benzene rings is 2. The topological polar surface area (TPSA) is 52.6 Å². The van der Waals surface area contributed by atoms with E-state index in [1.54, 1.807) is 6.92 Å². The summed E-state index contributed by atoms with van der Waals surface area (Å²) in [6.07, 6.45) is 1.06. The molecule has 2 atom stereocenters. The fourth-order valence-electron chi connectivity index (χ4n) is 3.93. The number of hydrogen-bond donors (Lipinski definition) is 0. The van der Waals surface area contributed by atoms with Crippen LogP contribution in [-0.4, -0.2) is 25.2 Å². The van der Waals surface area contributed by atoms with Gasteiger partial charge in [-0.15, -0.1) is 0 Å². The van der Waals surface area contributed by atoms with Gasteiger partial charge in [0.05, 0.1) is 19.1 Å². The van der Waals surface area contributed by atoms with Crippen molar-refractivity contribution >= 4 is 11.9 Å². The molecule has 0 bridgehead atoms. The monoisotopic (exact) mass is 352 g/mol. The molecule has 0 saturated heterocycles. The maximum absolute atomic E-state index is 13.1. The number of esters is 2. The minimum absolute atomic E-state index is 0.231. The second kappa shape index (κ2) is 7.73. The van der Waals surface area contributed by atoms with Crippen LogP contribution in [0.25, 0.3) is 0 Å². The van der Waals surface area contributed by atoms with Gasteiger partial charge in [-0.1, -0.05) is 54.6 Å². The zero-order chi connectivity index (χ0) is 18.6. The first kappa shape index (κ1) is 18.2. The highest BCUT2D eigenvalue weighted by molar-refractivity contribution is 5.91. The molecule has 136 valence electrons. The summed E-state index contributed by atoms with van der Waals surface area (Å²) in [6.45, 7) is 4.28. The standard InChI is InChI=1S/C22H24O4/c1-3-25-20(23)18-14-15-22(21(24)26-4-2,16-10-6-5-7-11-16)19-13-9-8-12-17(18)19/h5-13,18H,3-4,14-15H2,1-2H3/t18-,22+/m0/s1. The molecular formula is C22H24O4. The van der Waals surface area contributed by atoms with Crippen LogP contribution in [0.1, 0.15) is 49.3 Å². The van der Waals surface area contributed by atoms with E-state index >= 15 is 0 Å². The Balaban J connectivity index is 2.18. The SMILES string of the molecule is CCOC(=O)[C@H]1CC[C@@](C(=O)OCC)(c2ccccc2)c2ccccc21. The van der Waals surface area contributed by atoms with Gasteiger partial charge in [0.2, 0.25) is 0 Å². The number of ether oxygens (including phenoxy) is 2. The lowest BCUT2D eigenvalue weighted by Gasteiger charge is -2.39. The van der Waals surface area contributed by atoms with Gasteiger partial charge in [0.15, 0.2) is 0 Å². The third-order valence-electron chi connectivity index (χ3n) is 5.07. The molecule has 1 aliphatic carbocycles. The fourth-order valence-corrected chi connectivity index (χ4v) is 3.93. The van der Waals surface area contributed by atoms with Crippen molar-refractivity contribution in [1.29, 1.82) is 0 Å². The van der Waals surface area contributed by atoms with E-state index in [0.29, 0.717) is 26.1 Å². The largest absolute Gasteiger partial charge is 0.466 e. The van der Waals surface area contributed by atoms with Crippen LogP contribution in [0.5, 0.6) is 0 Å². The average Bonchev–Trinajstić information content (AvgIpc) is 2.68. The second-order valence-electron chi connectivity index (χ2n) is 6.42. The van der Waals surface area contributed by atoms with Gasteiger partial charge < -0.3 is 9.47 Å². The quantitative estimate of drug-likeness (QED) is 0.764. The lowest BCUT2D eigenvalue weighted by atomic mass is 9.63. The summed E-state index contributed by atoms with van der Waals surface area (Å²) in [4.78, 5) is 25.6. The van der Waals surface area contributed by atoms with Crippen LogP contribution < -0.4 is 0 Å². The molecule has 0 amide bonds. The van der Waals surface area contributed by atoms with Gasteiger partial charge in [-0.2, -0.15) is 0 Å². The normalized spacial score (nSPS) is 21.5. The lowest BCUT2D eigenvalue weighted by molar-refractivity contribution is -0.151. The molecule has 0 unspecified atom stereocenters.